The summed E-state index contributed by atoms with van der Waals surface area (Å²) in [5.41, 5.74) is 2.24. The van der Waals surface area contributed by atoms with Gasteiger partial charge in [-0.2, -0.15) is 0 Å². The first kappa shape index (κ1) is 25.6. The van der Waals surface area contributed by atoms with Crippen molar-refractivity contribution >= 4 is 5.97 Å². The first-order valence-corrected chi connectivity index (χ1v) is 11.2. The molecule has 0 aromatic heterocycles. The van der Waals surface area contributed by atoms with E-state index in [9.17, 15) is 20.1 Å². The molecule has 0 saturated carbocycles. The molecule has 0 bridgehead atoms. The standard InChI is InChI=1S/C25H35NO6/c1-31-25(30)20-10-8-19(9-11-20)7-6-14-32-13-5-3-2-4-12-26-18-24(29)21-15-22(27)17-23(28)16-21/h8-11,15-17,24,26-29H,2-7,12-14,18H2,1H3. The minimum atomic E-state index is -0.771. The van der Waals surface area contributed by atoms with E-state index in [2.05, 4.69) is 5.32 Å². The highest BCUT2D eigenvalue weighted by Crippen LogP contribution is 2.24. The number of aliphatic hydroxyl groups excluding tert-OH is 1. The molecule has 4 N–H and O–H groups in total. The van der Waals surface area contributed by atoms with Crippen LogP contribution in [0.3, 0.4) is 0 Å². The summed E-state index contributed by atoms with van der Waals surface area (Å²) in [5.74, 6) is -0.436. The molecule has 0 aliphatic heterocycles. The number of carbonyl (C=O) groups is 1. The Bertz CT molecular complexity index is 788. The van der Waals surface area contributed by atoms with Crippen LogP contribution in [0.1, 0.15) is 59.7 Å². The number of aryl methyl sites for hydroxylation is 1. The Morgan fingerprint density at radius 2 is 1.59 bits per heavy atom. The quantitative estimate of drug-likeness (QED) is 0.244. The van der Waals surface area contributed by atoms with Gasteiger partial charge >= 0.3 is 5.97 Å². The second-order valence-corrected chi connectivity index (χ2v) is 7.82. The number of rotatable bonds is 15. The third kappa shape index (κ3) is 9.68. The fraction of sp³-hybridized carbons (Fsp3) is 0.480. The fourth-order valence-electron chi connectivity index (χ4n) is 3.38. The maximum atomic E-state index is 11.4. The van der Waals surface area contributed by atoms with Gasteiger partial charge in [0.15, 0.2) is 0 Å². The van der Waals surface area contributed by atoms with E-state index in [1.807, 2.05) is 12.1 Å². The Balaban J connectivity index is 1.42. The summed E-state index contributed by atoms with van der Waals surface area (Å²) in [4.78, 5) is 11.4. The summed E-state index contributed by atoms with van der Waals surface area (Å²) in [7, 11) is 1.38. The van der Waals surface area contributed by atoms with Crippen molar-refractivity contribution in [3.8, 4) is 11.5 Å². The molecule has 0 aliphatic rings. The summed E-state index contributed by atoms with van der Waals surface area (Å²) >= 11 is 0. The summed E-state index contributed by atoms with van der Waals surface area (Å²) in [6, 6.07) is 11.6. The average Bonchev–Trinajstić information content (AvgIpc) is 2.78. The van der Waals surface area contributed by atoms with Crippen LogP contribution in [0.4, 0.5) is 0 Å². The SMILES string of the molecule is COC(=O)c1ccc(CCCOCCCCCCNCC(O)c2cc(O)cc(O)c2)cc1. The minimum Gasteiger partial charge on any atom is -0.508 e. The minimum absolute atomic E-state index is 0.0597. The Labute approximate surface area is 190 Å². The van der Waals surface area contributed by atoms with Crippen molar-refractivity contribution in [1.29, 1.82) is 0 Å². The number of phenols is 2. The summed E-state index contributed by atoms with van der Waals surface area (Å²) in [6.45, 7) is 2.66. The van der Waals surface area contributed by atoms with Crippen molar-refractivity contribution in [2.45, 2.75) is 44.6 Å². The lowest BCUT2D eigenvalue weighted by Gasteiger charge is -2.13. The molecule has 1 atom stereocenters. The number of esters is 1. The molecule has 176 valence electrons. The van der Waals surface area contributed by atoms with E-state index >= 15 is 0 Å². The normalized spacial score (nSPS) is 11.9. The molecular weight excluding hydrogens is 410 g/mol. The molecule has 0 aliphatic carbocycles. The Morgan fingerprint density at radius 1 is 0.938 bits per heavy atom. The van der Waals surface area contributed by atoms with E-state index in [0.29, 0.717) is 17.7 Å². The predicted molar refractivity (Wildman–Crippen MR) is 123 cm³/mol. The molecule has 0 fully saturated rings. The number of unbranched alkanes of at least 4 members (excludes halogenated alkanes) is 3. The molecule has 0 radical (unpaired) electrons. The number of benzene rings is 2. The number of aliphatic hydroxyl groups is 1. The van der Waals surface area contributed by atoms with Gasteiger partial charge in [0.25, 0.3) is 0 Å². The van der Waals surface area contributed by atoms with Gasteiger partial charge in [-0.15, -0.1) is 0 Å². The van der Waals surface area contributed by atoms with Crippen LogP contribution < -0.4 is 5.32 Å². The average molecular weight is 446 g/mol. The lowest BCUT2D eigenvalue weighted by atomic mass is 10.1. The van der Waals surface area contributed by atoms with Gasteiger partial charge in [0, 0.05) is 25.8 Å². The van der Waals surface area contributed by atoms with Gasteiger partial charge in [-0.25, -0.2) is 4.79 Å². The molecule has 0 spiro atoms. The van der Waals surface area contributed by atoms with Gasteiger partial charge in [-0.3, -0.25) is 0 Å². The molecule has 0 saturated heterocycles. The molecule has 2 aromatic carbocycles. The molecule has 0 heterocycles. The molecule has 2 aromatic rings. The zero-order valence-electron chi connectivity index (χ0n) is 18.8. The Hall–Kier alpha value is -2.61. The number of nitrogens with one attached hydrogen (secondary N) is 1. The van der Waals surface area contributed by atoms with E-state index in [-0.39, 0.29) is 17.5 Å². The summed E-state index contributed by atoms with van der Waals surface area (Å²) in [6.07, 6.45) is 5.32. The zero-order valence-corrected chi connectivity index (χ0v) is 18.8. The zero-order chi connectivity index (χ0) is 23.2. The van der Waals surface area contributed by atoms with E-state index < -0.39 is 6.10 Å². The molecule has 2 rings (SSSR count). The second kappa shape index (κ2) is 14.5. The van der Waals surface area contributed by atoms with Crippen LogP contribution in [0.15, 0.2) is 42.5 Å². The highest BCUT2D eigenvalue weighted by Gasteiger charge is 2.09. The van der Waals surface area contributed by atoms with Crippen LogP contribution >= 0.6 is 0 Å². The van der Waals surface area contributed by atoms with E-state index in [1.54, 1.807) is 12.1 Å². The molecule has 1 unspecified atom stereocenters. The largest absolute Gasteiger partial charge is 0.508 e. The highest BCUT2D eigenvalue weighted by molar-refractivity contribution is 5.89. The summed E-state index contributed by atoms with van der Waals surface area (Å²) in [5, 5.41) is 32.3. The van der Waals surface area contributed by atoms with E-state index in [0.717, 1.165) is 58.3 Å². The van der Waals surface area contributed by atoms with Gasteiger partial charge in [0.1, 0.15) is 11.5 Å². The Morgan fingerprint density at radius 3 is 2.28 bits per heavy atom. The maximum absolute atomic E-state index is 11.4. The van der Waals surface area contributed by atoms with Crippen molar-refractivity contribution < 1.29 is 29.6 Å². The number of hydrogen-bond acceptors (Lipinski definition) is 7. The molecular formula is C25H35NO6. The first-order chi connectivity index (χ1) is 15.5. The third-order valence-corrected chi connectivity index (χ3v) is 5.17. The fourth-order valence-corrected chi connectivity index (χ4v) is 3.38. The van der Waals surface area contributed by atoms with Crippen molar-refractivity contribution in [2.75, 3.05) is 33.4 Å². The van der Waals surface area contributed by atoms with Gasteiger partial charge in [0.2, 0.25) is 0 Å². The van der Waals surface area contributed by atoms with Gasteiger partial charge in [0.05, 0.1) is 18.8 Å². The van der Waals surface area contributed by atoms with Crippen LogP contribution in [0.2, 0.25) is 0 Å². The number of carbonyl (C=O) groups excluding carboxylic acids is 1. The van der Waals surface area contributed by atoms with Crippen molar-refractivity contribution in [3.05, 3.63) is 59.2 Å². The van der Waals surface area contributed by atoms with Crippen molar-refractivity contribution in [3.63, 3.8) is 0 Å². The molecule has 0 amide bonds. The number of phenolic OH excluding ortho intramolecular Hbond substituents is 2. The van der Waals surface area contributed by atoms with Crippen molar-refractivity contribution in [1.82, 2.24) is 5.32 Å². The predicted octanol–water partition coefficient (Wildman–Crippen LogP) is 3.72. The summed E-state index contributed by atoms with van der Waals surface area (Å²) < 4.78 is 10.4. The smallest absolute Gasteiger partial charge is 0.337 e. The number of hydrogen-bond donors (Lipinski definition) is 4. The van der Waals surface area contributed by atoms with Crippen LogP contribution in [0.5, 0.6) is 11.5 Å². The van der Waals surface area contributed by atoms with Crippen LogP contribution in [-0.2, 0) is 15.9 Å². The first-order valence-electron chi connectivity index (χ1n) is 11.2. The maximum Gasteiger partial charge on any atom is 0.337 e. The van der Waals surface area contributed by atoms with E-state index in [1.165, 1.54) is 30.9 Å². The molecule has 7 heteroatoms. The monoisotopic (exact) mass is 445 g/mol. The molecule has 32 heavy (non-hydrogen) atoms. The number of aromatic hydroxyl groups is 2. The van der Waals surface area contributed by atoms with Crippen LogP contribution in [-0.4, -0.2) is 54.7 Å². The van der Waals surface area contributed by atoms with Gasteiger partial charge in [-0.1, -0.05) is 25.0 Å². The van der Waals surface area contributed by atoms with Gasteiger partial charge in [-0.05, 0) is 67.6 Å². The Kier molecular flexibility index (Phi) is 11.6. The number of methoxy groups -OCH3 is 1. The lowest BCUT2D eigenvalue weighted by molar-refractivity contribution is 0.0600. The number of ether oxygens (including phenoxy) is 2. The van der Waals surface area contributed by atoms with Crippen LogP contribution in [0.25, 0.3) is 0 Å². The van der Waals surface area contributed by atoms with Gasteiger partial charge < -0.3 is 30.1 Å². The lowest BCUT2D eigenvalue weighted by Crippen LogP contribution is -2.22. The molecule has 7 nitrogen and oxygen atoms in total. The van der Waals surface area contributed by atoms with E-state index in [4.69, 9.17) is 9.47 Å². The second-order valence-electron chi connectivity index (χ2n) is 7.82. The van der Waals surface area contributed by atoms with Crippen LogP contribution in [0, 0.1) is 0 Å². The highest BCUT2D eigenvalue weighted by atomic mass is 16.5. The third-order valence-electron chi connectivity index (χ3n) is 5.17. The topological polar surface area (TPSA) is 108 Å². The van der Waals surface area contributed by atoms with Crippen molar-refractivity contribution in [2.24, 2.45) is 0 Å².